The Kier molecular flexibility index (Phi) is 3.85. The van der Waals surface area contributed by atoms with Crippen molar-refractivity contribution in [2.45, 2.75) is 17.8 Å². The van der Waals surface area contributed by atoms with Gasteiger partial charge in [0.25, 0.3) is 0 Å². The van der Waals surface area contributed by atoms with E-state index in [0.29, 0.717) is 5.37 Å². The van der Waals surface area contributed by atoms with Gasteiger partial charge in [0.1, 0.15) is 6.04 Å². The molecule has 1 aromatic rings. The summed E-state index contributed by atoms with van der Waals surface area (Å²) < 4.78 is 4.72. The second-order valence-corrected chi connectivity index (χ2v) is 4.99. The lowest BCUT2D eigenvalue weighted by Crippen LogP contribution is -2.38. The van der Waals surface area contributed by atoms with Gasteiger partial charge in [0.05, 0.1) is 12.5 Å². The third-order valence-electron chi connectivity index (χ3n) is 2.60. The summed E-state index contributed by atoms with van der Waals surface area (Å²) in [6.07, 6.45) is 0.943. The molecule has 0 radical (unpaired) electrons. The van der Waals surface area contributed by atoms with E-state index in [4.69, 9.17) is 4.74 Å². The summed E-state index contributed by atoms with van der Waals surface area (Å²) >= 11 is 1.78. The Morgan fingerprint density at radius 2 is 2.25 bits per heavy atom. The predicted molar refractivity (Wildman–Crippen MR) is 65.3 cm³/mol. The van der Waals surface area contributed by atoms with Crippen LogP contribution < -0.4 is 5.32 Å². The van der Waals surface area contributed by atoms with Crippen LogP contribution in [0.4, 0.5) is 0 Å². The van der Waals surface area contributed by atoms with Gasteiger partial charge in [-0.25, -0.2) is 0 Å². The summed E-state index contributed by atoms with van der Waals surface area (Å²) in [7, 11) is 1.43. The van der Waals surface area contributed by atoms with Crippen molar-refractivity contribution < 1.29 is 9.53 Å². The molecular weight excluding hydrogens is 222 g/mol. The van der Waals surface area contributed by atoms with Gasteiger partial charge in [0.15, 0.2) is 0 Å². The zero-order valence-corrected chi connectivity index (χ0v) is 10.00. The minimum atomic E-state index is -0.164. The molecule has 0 bridgehead atoms. The number of methoxy groups -OCH3 is 1. The molecule has 3 nitrogen and oxygen atoms in total. The Labute approximate surface area is 99.6 Å². The normalized spacial score (nSPS) is 24.3. The minimum absolute atomic E-state index is 0.149. The number of hydrogen-bond acceptors (Lipinski definition) is 4. The number of carbonyl (C=O) groups excluding carboxylic acids is 1. The van der Waals surface area contributed by atoms with Crippen molar-refractivity contribution in [1.82, 2.24) is 5.32 Å². The highest BCUT2D eigenvalue weighted by Crippen LogP contribution is 2.22. The van der Waals surface area contributed by atoms with Crippen LogP contribution in [0.5, 0.6) is 0 Å². The lowest BCUT2D eigenvalue weighted by atomic mass is 10.1. The first kappa shape index (κ1) is 11.5. The molecule has 4 heteroatoms. The summed E-state index contributed by atoms with van der Waals surface area (Å²) in [5.41, 5.74) is 1.29. The predicted octanol–water partition coefficient (Wildman–Crippen LogP) is 1.43. The maximum atomic E-state index is 11.3. The second kappa shape index (κ2) is 5.37. The number of hydrogen-bond donors (Lipinski definition) is 1. The zero-order valence-electron chi connectivity index (χ0n) is 9.18. The molecule has 0 aromatic heterocycles. The van der Waals surface area contributed by atoms with Crippen molar-refractivity contribution >= 4 is 17.7 Å². The van der Waals surface area contributed by atoms with E-state index < -0.39 is 0 Å². The number of nitrogens with one attached hydrogen (secondary N) is 1. The van der Waals surface area contributed by atoms with Crippen LogP contribution in [0, 0.1) is 0 Å². The first-order chi connectivity index (χ1) is 7.79. The summed E-state index contributed by atoms with van der Waals surface area (Å²) in [6.45, 7) is 0. The van der Waals surface area contributed by atoms with Crippen LogP contribution in [0.1, 0.15) is 5.56 Å². The van der Waals surface area contributed by atoms with E-state index in [0.717, 1.165) is 12.2 Å². The van der Waals surface area contributed by atoms with Gasteiger partial charge in [-0.15, -0.1) is 11.8 Å². The summed E-state index contributed by atoms with van der Waals surface area (Å²) in [4.78, 5) is 11.3. The average Bonchev–Trinajstić information content (AvgIpc) is 2.78. The molecule has 1 fully saturated rings. The van der Waals surface area contributed by atoms with E-state index >= 15 is 0 Å². The molecule has 0 amide bonds. The van der Waals surface area contributed by atoms with E-state index in [2.05, 4.69) is 17.4 Å². The van der Waals surface area contributed by atoms with Gasteiger partial charge in [-0.2, -0.15) is 0 Å². The molecule has 1 aliphatic rings. The van der Waals surface area contributed by atoms with Gasteiger partial charge in [0.2, 0.25) is 0 Å². The number of thioether (sulfide) groups is 1. The van der Waals surface area contributed by atoms with Crippen molar-refractivity contribution in [3.8, 4) is 0 Å². The van der Waals surface area contributed by atoms with Gasteiger partial charge in [0, 0.05) is 5.75 Å². The highest BCUT2D eigenvalue weighted by Gasteiger charge is 2.30. The SMILES string of the molecule is COC(=O)C1CSC(Cc2ccccc2)N1. The fourth-order valence-electron chi connectivity index (χ4n) is 1.76. The van der Waals surface area contributed by atoms with Crippen LogP contribution in [-0.2, 0) is 16.0 Å². The monoisotopic (exact) mass is 237 g/mol. The highest BCUT2D eigenvalue weighted by molar-refractivity contribution is 8.00. The standard InChI is InChI=1S/C12H15NO2S/c1-15-12(14)10-8-16-11(13-10)7-9-5-3-2-4-6-9/h2-6,10-11,13H,7-8H2,1H3. The summed E-state index contributed by atoms with van der Waals surface area (Å²) in [5.74, 6) is 0.632. The molecule has 16 heavy (non-hydrogen) atoms. The van der Waals surface area contributed by atoms with Crippen LogP contribution in [0.15, 0.2) is 30.3 Å². The van der Waals surface area contributed by atoms with E-state index in [9.17, 15) is 4.79 Å². The molecule has 1 aliphatic heterocycles. The molecule has 1 aromatic carbocycles. The maximum absolute atomic E-state index is 11.3. The lowest BCUT2D eigenvalue weighted by molar-refractivity contribution is -0.142. The molecule has 2 rings (SSSR count). The molecule has 1 heterocycles. The van der Waals surface area contributed by atoms with E-state index in [-0.39, 0.29) is 12.0 Å². The Bertz CT molecular complexity index is 355. The largest absolute Gasteiger partial charge is 0.468 e. The maximum Gasteiger partial charge on any atom is 0.323 e. The smallest absolute Gasteiger partial charge is 0.323 e. The van der Waals surface area contributed by atoms with Crippen LogP contribution in [0.2, 0.25) is 0 Å². The number of esters is 1. The van der Waals surface area contributed by atoms with Crippen molar-refractivity contribution in [2.24, 2.45) is 0 Å². The van der Waals surface area contributed by atoms with Crippen LogP contribution in [0.3, 0.4) is 0 Å². The number of benzene rings is 1. The molecule has 2 unspecified atom stereocenters. The molecule has 2 atom stereocenters. The van der Waals surface area contributed by atoms with Crippen molar-refractivity contribution in [3.63, 3.8) is 0 Å². The van der Waals surface area contributed by atoms with Gasteiger partial charge in [-0.3, -0.25) is 10.1 Å². The van der Waals surface area contributed by atoms with Crippen molar-refractivity contribution in [1.29, 1.82) is 0 Å². The van der Waals surface area contributed by atoms with Gasteiger partial charge >= 0.3 is 5.97 Å². The molecule has 0 saturated carbocycles. The van der Waals surface area contributed by atoms with E-state index in [1.807, 2.05) is 18.2 Å². The molecule has 1 saturated heterocycles. The first-order valence-corrected chi connectivity index (χ1v) is 6.34. The fourth-order valence-corrected chi connectivity index (χ4v) is 2.99. The summed E-state index contributed by atoms with van der Waals surface area (Å²) in [5, 5.41) is 3.59. The molecule has 1 N–H and O–H groups in total. The van der Waals surface area contributed by atoms with Gasteiger partial charge in [-0.05, 0) is 12.0 Å². The minimum Gasteiger partial charge on any atom is -0.468 e. The second-order valence-electron chi connectivity index (χ2n) is 3.75. The van der Waals surface area contributed by atoms with E-state index in [1.54, 1.807) is 11.8 Å². The summed E-state index contributed by atoms with van der Waals surface area (Å²) in [6, 6.07) is 10.1. The Hall–Kier alpha value is -1.00. The average molecular weight is 237 g/mol. The first-order valence-electron chi connectivity index (χ1n) is 5.29. The number of ether oxygens (including phenoxy) is 1. The number of rotatable bonds is 3. The van der Waals surface area contributed by atoms with Crippen molar-refractivity contribution in [2.75, 3.05) is 12.9 Å². The molecule has 86 valence electrons. The van der Waals surface area contributed by atoms with Crippen LogP contribution in [0.25, 0.3) is 0 Å². The Morgan fingerprint density at radius 3 is 2.94 bits per heavy atom. The van der Waals surface area contributed by atoms with Gasteiger partial charge < -0.3 is 4.74 Å². The lowest BCUT2D eigenvalue weighted by Gasteiger charge is -2.11. The topological polar surface area (TPSA) is 38.3 Å². The quantitative estimate of drug-likeness (QED) is 0.807. The van der Waals surface area contributed by atoms with Gasteiger partial charge in [-0.1, -0.05) is 30.3 Å². The Morgan fingerprint density at radius 1 is 1.50 bits per heavy atom. The Balaban J connectivity index is 1.88. The molecule has 0 spiro atoms. The third kappa shape index (κ3) is 2.77. The van der Waals surface area contributed by atoms with Crippen LogP contribution in [-0.4, -0.2) is 30.2 Å². The molecular formula is C12H15NO2S. The molecule has 0 aliphatic carbocycles. The fraction of sp³-hybridized carbons (Fsp3) is 0.417. The number of carbonyl (C=O) groups is 1. The van der Waals surface area contributed by atoms with Crippen LogP contribution >= 0.6 is 11.8 Å². The van der Waals surface area contributed by atoms with E-state index in [1.165, 1.54) is 12.7 Å². The highest BCUT2D eigenvalue weighted by atomic mass is 32.2. The zero-order chi connectivity index (χ0) is 11.4. The van der Waals surface area contributed by atoms with Crippen molar-refractivity contribution in [3.05, 3.63) is 35.9 Å². The third-order valence-corrected chi connectivity index (χ3v) is 3.83.